The molecule has 118 valence electrons. The molecule has 6 heteroatoms. The molecule has 1 atom stereocenters. The second-order valence-electron chi connectivity index (χ2n) is 5.17. The summed E-state index contributed by atoms with van der Waals surface area (Å²) in [6.07, 6.45) is 1.36. The van der Waals surface area contributed by atoms with Crippen LogP contribution in [0.5, 0.6) is 5.75 Å². The topological polar surface area (TPSA) is 34.6 Å². The van der Waals surface area contributed by atoms with Gasteiger partial charge in [-0.3, -0.25) is 0 Å². The van der Waals surface area contributed by atoms with Crippen molar-refractivity contribution >= 4 is 11.3 Å². The normalized spacial score (nSPS) is 21.9. The Balaban J connectivity index is 1.65. The van der Waals surface area contributed by atoms with Crippen molar-refractivity contribution in [1.82, 2.24) is 9.88 Å². The van der Waals surface area contributed by atoms with Gasteiger partial charge in [0.15, 0.2) is 0 Å². The first-order valence-corrected chi connectivity index (χ1v) is 7.86. The lowest BCUT2D eigenvalue weighted by Gasteiger charge is -2.29. The molecule has 0 aliphatic carbocycles. The van der Waals surface area contributed by atoms with E-state index in [-0.39, 0.29) is 25.1 Å². The number of hydrogen-bond donors (Lipinski definition) is 0. The highest BCUT2D eigenvalue weighted by molar-refractivity contribution is 7.14. The van der Waals surface area contributed by atoms with E-state index in [2.05, 4.69) is 4.98 Å². The fraction of sp³-hybridized carbons (Fsp3) is 0.438. The lowest BCUT2D eigenvalue weighted by molar-refractivity contribution is -0.0403. The summed E-state index contributed by atoms with van der Waals surface area (Å²) in [5.74, 6) is 0.142. The number of halogens is 1. The zero-order valence-electron chi connectivity index (χ0n) is 15.2. The van der Waals surface area contributed by atoms with E-state index in [0.29, 0.717) is 29.5 Å². The van der Waals surface area contributed by atoms with Gasteiger partial charge in [-0.2, -0.15) is 0 Å². The molecule has 2 heterocycles. The molecular weight excluding hydrogens is 303 g/mol. The molecule has 1 aromatic heterocycles. The largest absolute Gasteiger partial charge is 0.491 e. The number of hydrogen-bond acceptors (Lipinski definition) is 5. The van der Waals surface area contributed by atoms with Crippen molar-refractivity contribution in [2.75, 3.05) is 33.3 Å². The summed E-state index contributed by atoms with van der Waals surface area (Å²) in [7, 11) is 0. The van der Waals surface area contributed by atoms with Crippen molar-refractivity contribution in [1.29, 1.82) is 0 Å². The molecule has 2 aromatic rings. The number of aryl methyl sites for hydroxylation is 1. The van der Waals surface area contributed by atoms with E-state index in [9.17, 15) is 4.39 Å². The maximum absolute atomic E-state index is 14.1. The van der Waals surface area contributed by atoms with Gasteiger partial charge in [0.25, 0.3) is 0 Å². The van der Waals surface area contributed by atoms with Gasteiger partial charge in [-0.1, -0.05) is 0 Å². The molecule has 0 N–H and O–H groups in total. The van der Waals surface area contributed by atoms with Gasteiger partial charge in [0.05, 0.1) is 6.61 Å². The molecule has 22 heavy (non-hydrogen) atoms. The minimum absolute atomic E-state index is 0.203. The lowest BCUT2D eigenvalue weighted by Crippen LogP contribution is -2.42. The highest BCUT2D eigenvalue weighted by Gasteiger charge is 2.18. The standard InChI is InChI=1S/C16H19FN2O2S/c1-11-8-18-16(22-11)14-7-12(3-4-15(14)17)21-10-13-9-19(2)5-6-20-13/h3-4,7-8,13H,5-6,9-10H2,1-2H3/t13-/m1/s1/i2D3. The number of ether oxygens (including phenoxy) is 2. The summed E-state index contributed by atoms with van der Waals surface area (Å²) in [6.45, 7) is 0.978. The summed E-state index contributed by atoms with van der Waals surface area (Å²) < 4.78 is 47.8. The molecule has 0 unspecified atom stereocenters. The highest BCUT2D eigenvalue weighted by atomic mass is 32.1. The SMILES string of the molecule is [2H]C([2H])([2H])N1CCO[C@@H](COc2ccc(F)c(-c3ncc(C)s3)c2)C1. The average Bonchev–Trinajstić information content (AvgIpc) is 3.00. The quantitative estimate of drug-likeness (QED) is 0.866. The smallest absolute Gasteiger partial charge is 0.133 e. The fourth-order valence-electron chi connectivity index (χ4n) is 2.25. The number of rotatable bonds is 4. The molecule has 1 fully saturated rings. The molecule has 4 nitrogen and oxygen atoms in total. The van der Waals surface area contributed by atoms with E-state index in [1.165, 1.54) is 22.3 Å². The third kappa shape index (κ3) is 3.63. The molecule has 0 saturated carbocycles. The molecule has 1 aromatic carbocycles. The van der Waals surface area contributed by atoms with Crippen LogP contribution >= 0.6 is 11.3 Å². The molecule has 0 bridgehead atoms. The Kier molecular flexibility index (Phi) is 3.67. The minimum Gasteiger partial charge on any atom is -0.491 e. The Labute approximate surface area is 137 Å². The van der Waals surface area contributed by atoms with Crippen LogP contribution in [0.15, 0.2) is 24.4 Å². The summed E-state index contributed by atoms with van der Waals surface area (Å²) in [5.41, 5.74) is 0.393. The third-order valence-corrected chi connectivity index (χ3v) is 4.31. The van der Waals surface area contributed by atoms with Crippen LogP contribution in [0, 0.1) is 12.7 Å². The van der Waals surface area contributed by atoms with Gasteiger partial charge in [0.2, 0.25) is 0 Å². The average molecular weight is 325 g/mol. The van der Waals surface area contributed by atoms with Gasteiger partial charge in [0.1, 0.15) is 29.3 Å². The third-order valence-electron chi connectivity index (χ3n) is 3.36. The Morgan fingerprint density at radius 3 is 3.27 bits per heavy atom. The molecule has 1 aliphatic rings. The Morgan fingerprint density at radius 1 is 1.59 bits per heavy atom. The zero-order valence-corrected chi connectivity index (χ0v) is 13.0. The van der Waals surface area contributed by atoms with Gasteiger partial charge in [-0.05, 0) is 32.1 Å². The van der Waals surface area contributed by atoms with Gasteiger partial charge < -0.3 is 14.4 Å². The van der Waals surface area contributed by atoms with Crippen LogP contribution in [0.1, 0.15) is 8.99 Å². The minimum atomic E-state index is -2.13. The van der Waals surface area contributed by atoms with Crippen LogP contribution in [0.4, 0.5) is 4.39 Å². The molecule has 0 radical (unpaired) electrons. The number of aromatic nitrogens is 1. The van der Waals surface area contributed by atoms with Crippen molar-refractivity contribution in [3.8, 4) is 16.3 Å². The molecule has 0 spiro atoms. The summed E-state index contributed by atoms with van der Waals surface area (Å²) in [4.78, 5) is 6.61. The molecule has 1 saturated heterocycles. The van der Waals surface area contributed by atoms with Crippen LogP contribution in [0.3, 0.4) is 0 Å². The predicted molar refractivity (Wildman–Crippen MR) is 85.0 cm³/mol. The van der Waals surface area contributed by atoms with Crippen molar-refractivity contribution in [3.63, 3.8) is 0 Å². The van der Waals surface area contributed by atoms with Crippen LogP contribution < -0.4 is 4.74 Å². The van der Waals surface area contributed by atoms with Crippen molar-refractivity contribution < 1.29 is 18.0 Å². The maximum atomic E-state index is 14.1. The van der Waals surface area contributed by atoms with Crippen molar-refractivity contribution in [2.45, 2.75) is 13.0 Å². The number of morpholine rings is 1. The number of thiazole rings is 1. The fourth-order valence-corrected chi connectivity index (χ4v) is 3.03. The maximum Gasteiger partial charge on any atom is 0.133 e. The first kappa shape index (κ1) is 12.0. The Morgan fingerprint density at radius 2 is 2.50 bits per heavy atom. The second-order valence-corrected chi connectivity index (χ2v) is 6.40. The van der Waals surface area contributed by atoms with E-state index < -0.39 is 6.98 Å². The van der Waals surface area contributed by atoms with Gasteiger partial charge in [-0.15, -0.1) is 11.3 Å². The molecular formula is C16H19FN2O2S. The van der Waals surface area contributed by atoms with Crippen molar-refractivity contribution in [3.05, 3.63) is 35.1 Å². The molecule has 3 rings (SSSR count). The van der Waals surface area contributed by atoms with E-state index in [1.54, 1.807) is 18.3 Å². The highest BCUT2D eigenvalue weighted by Crippen LogP contribution is 2.30. The number of benzene rings is 1. The van der Waals surface area contributed by atoms with Crippen LogP contribution in [0.2, 0.25) is 0 Å². The first-order chi connectivity index (χ1) is 11.8. The van der Waals surface area contributed by atoms with E-state index in [4.69, 9.17) is 13.6 Å². The van der Waals surface area contributed by atoms with Crippen LogP contribution in [-0.2, 0) is 4.74 Å². The monoisotopic (exact) mass is 325 g/mol. The predicted octanol–water partition coefficient (Wildman–Crippen LogP) is 2.97. The number of nitrogens with zero attached hydrogens (tertiary/aromatic N) is 2. The molecule has 0 amide bonds. The number of likely N-dealkylation sites (N-methyl/N-ethyl adjacent to an activating group) is 1. The van der Waals surface area contributed by atoms with E-state index >= 15 is 0 Å². The summed E-state index contributed by atoms with van der Waals surface area (Å²) >= 11 is 1.41. The van der Waals surface area contributed by atoms with E-state index in [0.717, 1.165) is 4.88 Å². The van der Waals surface area contributed by atoms with Crippen molar-refractivity contribution in [2.24, 2.45) is 0 Å². The lowest BCUT2D eigenvalue weighted by atomic mass is 10.2. The second kappa shape index (κ2) is 6.73. The van der Waals surface area contributed by atoms with E-state index in [1.807, 2.05) is 6.92 Å². The first-order valence-electron chi connectivity index (χ1n) is 8.55. The van der Waals surface area contributed by atoms with Crippen LogP contribution in [-0.4, -0.2) is 49.3 Å². The van der Waals surface area contributed by atoms with Gasteiger partial charge in [-0.25, -0.2) is 9.37 Å². The van der Waals surface area contributed by atoms with Gasteiger partial charge in [0, 0.05) is 33.8 Å². The van der Waals surface area contributed by atoms with Crippen LogP contribution in [0.25, 0.3) is 10.6 Å². The summed E-state index contributed by atoms with van der Waals surface area (Å²) in [5, 5.41) is 0.600. The Hall–Kier alpha value is -1.50. The molecule has 1 aliphatic heterocycles. The zero-order chi connectivity index (χ0) is 18.0. The Bertz CT molecular complexity index is 738. The summed E-state index contributed by atoms with van der Waals surface area (Å²) in [6, 6.07) is 4.50. The van der Waals surface area contributed by atoms with Gasteiger partial charge >= 0.3 is 0 Å².